The molecule has 1 fully saturated rings. The topological polar surface area (TPSA) is 83.4 Å². The van der Waals surface area contributed by atoms with Crippen LogP contribution in [0, 0.1) is 5.92 Å². The maximum atomic E-state index is 13.3. The summed E-state index contributed by atoms with van der Waals surface area (Å²) >= 11 is 0. The molecule has 1 saturated carbocycles. The van der Waals surface area contributed by atoms with Crippen molar-refractivity contribution >= 4 is 17.7 Å². The molecule has 0 bridgehead atoms. The zero-order valence-electron chi connectivity index (χ0n) is 20.9. The lowest BCUT2D eigenvalue weighted by Gasteiger charge is -2.42. The third-order valence-electron chi connectivity index (χ3n) is 6.23. The number of halogens is 3. The van der Waals surface area contributed by atoms with Gasteiger partial charge in [0.1, 0.15) is 17.1 Å². The first-order valence-corrected chi connectivity index (χ1v) is 11.9. The molecule has 1 heterocycles. The Morgan fingerprint density at radius 2 is 1.81 bits per heavy atom. The third-order valence-corrected chi connectivity index (χ3v) is 6.23. The highest BCUT2D eigenvalue weighted by molar-refractivity contribution is 6.45. The lowest BCUT2D eigenvalue weighted by Crippen LogP contribution is -2.46. The zero-order chi connectivity index (χ0) is 27.0. The Bertz CT molecular complexity index is 1200. The number of ether oxygens (including phenoxy) is 4. The van der Waals surface area contributed by atoms with E-state index in [9.17, 15) is 22.8 Å². The number of rotatable bonds is 5. The summed E-state index contributed by atoms with van der Waals surface area (Å²) < 4.78 is 59.5. The Hall–Kier alpha value is -3.56. The van der Waals surface area contributed by atoms with Crippen LogP contribution >= 0.6 is 0 Å². The second-order valence-corrected chi connectivity index (χ2v) is 10.0. The molecule has 0 saturated heterocycles. The van der Waals surface area contributed by atoms with Crippen LogP contribution in [-0.4, -0.2) is 42.4 Å². The Morgan fingerprint density at radius 1 is 1.11 bits per heavy atom. The summed E-state index contributed by atoms with van der Waals surface area (Å²) in [7, 11) is 1.33. The molecule has 1 aliphatic heterocycles. The predicted octanol–water partition coefficient (Wildman–Crippen LogP) is 5.56. The first-order chi connectivity index (χ1) is 17.3. The van der Waals surface area contributed by atoms with E-state index in [1.807, 2.05) is 30.3 Å². The molecule has 37 heavy (non-hydrogen) atoms. The molecule has 2 aromatic carbocycles. The number of aliphatic imine (C=N–C) groups is 1. The predicted molar refractivity (Wildman–Crippen MR) is 127 cm³/mol. The Kier molecular flexibility index (Phi) is 6.96. The largest absolute Gasteiger partial charge is 0.573 e. The highest BCUT2D eigenvalue weighted by Gasteiger charge is 2.56. The van der Waals surface area contributed by atoms with Crippen molar-refractivity contribution in [2.24, 2.45) is 10.9 Å². The number of benzene rings is 2. The molecule has 1 aliphatic carbocycles. The molecule has 7 nitrogen and oxygen atoms in total. The van der Waals surface area contributed by atoms with Gasteiger partial charge in [0.05, 0.1) is 24.5 Å². The maximum Gasteiger partial charge on any atom is 0.573 e. The fourth-order valence-corrected chi connectivity index (χ4v) is 4.94. The minimum atomic E-state index is -4.92. The molecule has 2 aliphatic rings. The van der Waals surface area contributed by atoms with E-state index in [1.54, 1.807) is 20.8 Å². The van der Waals surface area contributed by atoms with Gasteiger partial charge in [-0.1, -0.05) is 30.3 Å². The Morgan fingerprint density at radius 3 is 2.43 bits per heavy atom. The molecular formula is C27H28F3NO6. The molecule has 1 unspecified atom stereocenters. The number of hydrogen-bond acceptors (Lipinski definition) is 7. The van der Waals surface area contributed by atoms with E-state index in [-0.39, 0.29) is 17.0 Å². The molecule has 0 amide bonds. The fourth-order valence-electron chi connectivity index (χ4n) is 4.94. The van der Waals surface area contributed by atoms with Crippen LogP contribution in [0.15, 0.2) is 53.5 Å². The standard InChI is InChI=1S/C27H28F3NO6/c1-25(2,3)36-23(32)18-11-8-14-26(21(18)16-9-6-5-7-10-16)31-22(24(33)37-26)19-15-17(35-27(28,29)30)12-13-20(19)34-4/h5-7,9-10,12-13,15,18,21H,8,11,14H2,1-4H3/t18?,21-,26-/m1/s1. The van der Waals surface area contributed by atoms with Crippen LogP contribution in [0.25, 0.3) is 0 Å². The highest BCUT2D eigenvalue weighted by atomic mass is 19.4. The number of alkyl halides is 3. The highest BCUT2D eigenvalue weighted by Crippen LogP contribution is 2.51. The molecule has 3 atom stereocenters. The number of esters is 2. The van der Waals surface area contributed by atoms with Gasteiger partial charge in [-0.3, -0.25) is 4.79 Å². The minimum absolute atomic E-state index is 0.00247. The van der Waals surface area contributed by atoms with Crippen molar-refractivity contribution in [2.75, 3.05) is 7.11 Å². The third kappa shape index (κ3) is 5.73. The molecule has 198 valence electrons. The maximum absolute atomic E-state index is 13.3. The van der Waals surface area contributed by atoms with Crippen molar-refractivity contribution in [1.82, 2.24) is 0 Å². The van der Waals surface area contributed by atoms with Crippen LogP contribution in [0.3, 0.4) is 0 Å². The van der Waals surface area contributed by atoms with Gasteiger partial charge in [-0.25, -0.2) is 9.79 Å². The van der Waals surface area contributed by atoms with E-state index in [0.717, 1.165) is 17.7 Å². The number of methoxy groups -OCH3 is 1. The van der Waals surface area contributed by atoms with Crippen LogP contribution < -0.4 is 9.47 Å². The SMILES string of the molecule is COc1ccc(OC(F)(F)F)cc1C1=N[C@]2(CCCC(C(=O)OC(C)(C)C)[C@H]2c2ccccc2)OC1=O. The first-order valence-electron chi connectivity index (χ1n) is 11.9. The summed E-state index contributed by atoms with van der Waals surface area (Å²) in [6, 6.07) is 12.5. The zero-order valence-corrected chi connectivity index (χ0v) is 20.9. The van der Waals surface area contributed by atoms with Gasteiger partial charge in [-0.05, 0) is 57.4 Å². The van der Waals surface area contributed by atoms with Gasteiger partial charge in [0.25, 0.3) is 0 Å². The van der Waals surface area contributed by atoms with Gasteiger partial charge in [-0.2, -0.15) is 0 Å². The molecule has 10 heteroatoms. The van der Waals surface area contributed by atoms with Crippen LogP contribution in [0.4, 0.5) is 13.2 Å². The number of carbonyl (C=O) groups excluding carboxylic acids is 2. The molecule has 1 spiro atoms. The normalized spacial score (nSPS) is 23.9. The number of carbonyl (C=O) groups is 2. The van der Waals surface area contributed by atoms with Gasteiger partial charge in [0.15, 0.2) is 5.71 Å². The van der Waals surface area contributed by atoms with Crippen LogP contribution in [0.5, 0.6) is 11.5 Å². The second-order valence-electron chi connectivity index (χ2n) is 10.0. The van der Waals surface area contributed by atoms with Gasteiger partial charge in [-0.15, -0.1) is 13.2 Å². The average molecular weight is 520 g/mol. The van der Waals surface area contributed by atoms with Crippen LogP contribution in [0.1, 0.15) is 57.1 Å². The summed E-state index contributed by atoms with van der Waals surface area (Å²) in [5.74, 6) is -2.99. The number of hydrogen-bond donors (Lipinski definition) is 0. The summed E-state index contributed by atoms with van der Waals surface area (Å²) in [6.45, 7) is 5.32. The summed E-state index contributed by atoms with van der Waals surface area (Å²) in [5.41, 5.74) is -1.64. The Balaban J connectivity index is 1.82. The van der Waals surface area contributed by atoms with E-state index in [1.165, 1.54) is 13.2 Å². The fraction of sp³-hybridized carbons (Fsp3) is 0.444. The lowest BCUT2D eigenvalue weighted by atomic mass is 9.70. The molecule has 4 rings (SSSR count). The van der Waals surface area contributed by atoms with E-state index in [4.69, 9.17) is 14.2 Å². The van der Waals surface area contributed by atoms with Gasteiger partial charge in [0.2, 0.25) is 5.72 Å². The Labute approximate surface area is 212 Å². The van der Waals surface area contributed by atoms with E-state index >= 15 is 0 Å². The molecule has 0 aromatic heterocycles. The lowest BCUT2D eigenvalue weighted by molar-refractivity contribution is -0.274. The van der Waals surface area contributed by atoms with Crippen molar-refractivity contribution in [3.05, 3.63) is 59.7 Å². The monoisotopic (exact) mass is 519 g/mol. The van der Waals surface area contributed by atoms with Crippen molar-refractivity contribution in [3.8, 4) is 11.5 Å². The van der Waals surface area contributed by atoms with E-state index in [0.29, 0.717) is 19.3 Å². The summed E-state index contributed by atoms with van der Waals surface area (Å²) in [6.07, 6.45) is -3.59. The van der Waals surface area contributed by atoms with Gasteiger partial charge in [0, 0.05) is 6.42 Å². The molecule has 0 radical (unpaired) electrons. The first kappa shape index (κ1) is 26.5. The van der Waals surface area contributed by atoms with E-state index in [2.05, 4.69) is 9.73 Å². The van der Waals surface area contributed by atoms with Crippen molar-refractivity contribution in [3.63, 3.8) is 0 Å². The minimum Gasteiger partial charge on any atom is -0.496 e. The molecule has 2 aromatic rings. The summed E-state index contributed by atoms with van der Waals surface area (Å²) in [4.78, 5) is 31.2. The van der Waals surface area contributed by atoms with Gasteiger partial charge < -0.3 is 18.9 Å². The summed E-state index contributed by atoms with van der Waals surface area (Å²) in [5, 5.41) is 0. The van der Waals surface area contributed by atoms with Crippen LogP contribution in [0.2, 0.25) is 0 Å². The quantitative estimate of drug-likeness (QED) is 0.481. The number of nitrogens with zero attached hydrogens (tertiary/aromatic N) is 1. The molecule has 0 N–H and O–H groups in total. The smallest absolute Gasteiger partial charge is 0.496 e. The second kappa shape index (κ2) is 9.72. The van der Waals surface area contributed by atoms with Crippen molar-refractivity contribution in [2.45, 2.75) is 63.6 Å². The molecular weight excluding hydrogens is 491 g/mol. The van der Waals surface area contributed by atoms with Crippen LogP contribution in [-0.2, 0) is 19.1 Å². The van der Waals surface area contributed by atoms with Gasteiger partial charge >= 0.3 is 18.3 Å². The van der Waals surface area contributed by atoms with Crippen molar-refractivity contribution < 1.29 is 41.7 Å². The average Bonchev–Trinajstić information content (AvgIpc) is 3.13. The van der Waals surface area contributed by atoms with E-state index < -0.39 is 47.2 Å². The van der Waals surface area contributed by atoms with Crippen molar-refractivity contribution in [1.29, 1.82) is 0 Å².